The summed E-state index contributed by atoms with van der Waals surface area (Å²) in [6.07, 6.45) is -0.434. The van der Waals surface area contributed by atoms with Crippen LogP contribution in [0, 0.1) is 0 Å². The zero-order valence-electron chi connectivity index (χ0n) is 18.9. The number of ether oxygens (including phenoxy) is 5. The molecule has 0 saturated carbocycles. The summed E-state index contributed by atoms with van der Waals surface area (Å²) in [4.78, 5) is 48.1. The number of hydrogen-bond acceptors (Lipinski definition) is 9. The highest BCUT2D eigenvalue weighted by atomic mass is 16.7. The second-order valence-electron chi connectivity index (χ2n) is 8.63. The van der Waals surface area contributed by atoms with Crippen molar-refractivity contribution in [3.05, 3.63) is 34.9 Å². The Kier molecular flexibility index (Phi) is 6.59. The van der Waals surface area contributed by atoms with E-state index in [1.54, 1.807) is 6.08 Å². The molecule has 174 valence electrons. The van der Waals surface area contributed by atoms with E-state index in [1.807, 2.05) is 13.8 Å². The van der Waals surface area contributed by atoms with Crippen molar-refractivity contribution >= 4 is 23.9 Å². The molecule has 0 unspecified atom stereocenters. The number of epoxide rings is 1. The molecule has 0 amide bonds. The number of esters is 4. The highest BCUT2D eigenvalue weighted by molar-refractivity contribution is 5.94. The van der Waals surface area contributed by atoms with E-state index in [1.165, 1.54) is 20.8 Å². The van der Waals surface area contributed by atoms with Crippen LogP contribution in [-0.4, -0.2) is 60.5 Å². The van der Waals surface area contributed by atoms with Crippen LogP contribution in [0.5, 0.6) is 0 Å². The van der Waals surface area contributed by atoms with Crippen LogP contribution in [0.15, 0.2) is 34.9 Å². The number of carbonyl (C=O) groups excluding carboxylic acids is 4. The number of fused-ring (bicyclic) bond motifs is 3. The van der Waals surface area contributed by atoms with Crippen molar-refractivity contribution in [2.75, 3.05) is 6.61 Å². The highest BCUT2D eigenvalue weighted by Gasteiger charge is 2.62. The molecule has 5 atom stereocenters. The van der Waals surface area contributed by atoms with Crippen molar-refractivity contribution in [1.82, 2.24) is 0 Å². The SMILES string of the molecule is C=C(C)C(=O)O[C@H]1C/C(C)=C\[C@@H](OC(C)=O)C[C@@]2(C)O[C@@H]2[C@H]2OC(=O)C(COC(C)=O)=C12. The molecule has 0 bridgehead atoms. The minimum Gasteiger partial charge on any atom is -0.461 e. The summed E-state index contributed by atoms with van der Waals surface area (Å²) >= 11 is 0. The summed E-state index contributed by atoms with van der Waals surface area (Å²) in [5.74, 6) is -2.28. The third-order valence-electron chi connectivity index (χ3n) is 5.62. The summed E-state index contributed by atoms with van der Waals surface area (Å²) < 4.78 is 27.7. The van der Waals surface area contributed by atoms with Gasteiger partial charge in [-0.1, -0.05) is 12.2 Å². The van der Waals surface area contributed by atoms with Crippen LogP contribution in [0.1, 0.15) is 47.5 Å². The van der Waals surface area contributed by atoms with E-state index in [4.69, 9.17) is 23.7 Å². The molecular formula is C23H28O9. The molecule has 1 saturated heterocycles. The molecular weight excluding hydrogens is 420 g/mol. The summed E-state index contributed by atoms with van der Waals surface area (Å²) in [5.41, 5.74) is 0.782. The molecule has 9 heteroatoms. The second-order valence-corrected chi connectivity index (χ2v) is 8.63. The molecule has 2 heterocycles. The Morgan fingerprint density at radius 1 is 1.19 bits per heavy atom. The monoisotopic (exact) mass is 448 g/mol. The van der Waals surface area contributed by atoms with Gasteiger partial charge in [0.05, 0.1) is 5.57 Å². The number of rotatable bonds is 5. The van der Waals surface area contributed by atoms with E-state index in [9.17, 15) is 19.2 Å². The molecule has 2 aliphatic heterocycles. The molecule has 0 aromatic carbocycles. The first-order chi connectivity index (χ1) is 14.9. The Morgan fingerprint density at radius 3 is 2.47 bits per heavy atom. The predicted octanol–water partition coefficient (Wildman–Crippen LogP) is 2.09. The lowest BCUT2D eigenvalue weighted by Gasteiger charge is -2.26. The fourth-order valence-electron chi connectivity index (χ4n) is 4.13. The fourth-order valence-corrected chi connectivity index (χ4v) is 4.13. The molecule has 9 nitrogen and oxygen atoms in total. The molecule has 0 radical (unpaired) electrons. The summed E-state index contributed by atoms with van der Waals surface area (Å²) in [5, 5.41) is 0. The van der Waals surface area contributed by atoms with Crippen molar-refractivity contribution < 1.29 is 42.9 Å². The second kappa shape index (κ2) is 8.90. The van der Waals surface area contributed by atoms with Crippen molar-refractivity contribution in [3.8, 4) is 0 Å². The lowest BCUT2D eigenvalue weighted by Crippen LogP contribution is -2.35. The molecule has 3 rings (SSSR count). The zero-order chi connectivity index (χ0) is 23.8. The Bertz CT molecular complexity index is 928. The van der Waals surface area contributed by atoms with Crippen LogP contribution >= 0.6 is 0 Å². The number of hydrogen-bond donors (Lipinski definition) is 0. The van der Waals surface area contributed by atoms with E-state index in [-0.39, 0.29) is 24.2 Å². The Balaban J connectivity index is 2.07. The van der Waals surface area contributed by atoms with E-state index >= 15 is 0 Å². The van der Waals surface area contributed by atoms with Crippen LogP contribution in [0.2, 0.25) is 0 Å². The maximum Gasteiger partial charge on any atom is 0.338 e. The largest absolute Gasteiger partial charge is 0.461 e. The van der Waals surface area contributed by atoms with Gasteiger partial charge in [0, 0.05) is 37.8 Å². The highest BCUT2D eigenvalue weighted by Crippen LogP contribution is 2.49. The fraction of sp³-hybridized carbons (Fsp3) is 0.565. The third-order valence-corrected chi connectivity index (χ3v) is 5.62. The predicted molar refractivity (Wildman–Crippen MR) is 110 cm³/mol. The van der Waals surface area contributed by atoms with Gasteiger partial charge in [-0.25, -0.2) is 9.59 Å². The Labute approximate surface area is 186 Å². The van der Waals surface area contributed by atoms with Crippen molar-refractivity contribution in [2.45, 2.75) is 77.5 Å². The standard InChI is InChI=1S/C23H28O9/c1-11(2)21(26)30-17-8-12(3)7-15(29-14(5)25)9-23(6)20(32-23)19-18(17)16(22(27)31-19)10-28-13(4)24/h7,15,17,19-20H,1,8-10H2,2-6H3/b12-7-/t15-,17+,19+,20-,23-/m1/s1. The third kappa shape index (κ3) is 5.09. The van der Waals surface area contributed by atoms with E-state index in [0.717, 1.165) is 5.57 Å². The van der Waals surface area contributed by atoms with Gasteiger partial charge in [-0.3, -0.25) is 9.59 Å². The minimum absolute atomic E-state index is 0.132. The minimum atomic E-state index is -0.887. The number of carbonyl (C=O) groups is 4. The summed E-state index contributed by atoms with van der Waals surface area (Å²) in [7, 11) is 0. The molecule has 1 fully saturated rings. The summed E-state index contributed by atoms with van der Waals surface area (Å²) in [6.45, 7) is 11.0. The molecule has 3 aliphatic rings. The quantitative estimate of drug-likeness (QED) is 0.205. The molecule has 0 aromatic heterocycles. The van der Waals surface area contributed by atoms with Gasteiger partial charge in [-0.05, 0) is 26.8 Å². The van der Waals surface area contributed by atoms with Crippen LogP contribution in [0.25, 0.3) is 0 Å². The Hall–Kier alpha value is -2.94. The smallest absolute Gasteiger partial charge is 0.338 e. The molecule has 0 N–H and O–H groups in total. The van der Waals surface area contributed by atoms with Gasteiger partial charge in [0.1, 0.15) is 30.5 Å². The van der Waals surface area contributed by atoms with Gasteiger partial charge in [0.15, 0.2) is 6.10 Å². The maximum absolute atomic E-state index is 12.7. The summed E-state index contributed by atoms with van der Waals surface area (Å²) in [6, 6.07) is 0. The topological polar surface area (TPSA) is 118 Å². The normalized spacial score (nSPS) is 33.0. The van der Waals surface area contributed by atoms with Crippen molar-refractivity contribution in [1.29, 1.82) is 0 Å². The first kappa shape index (κ1) is 23.7. The van der Waals surface area contributed by atoms with Gasteiger partial charge < -0.3 is 23.7 Å². The van der Waals surface area contributed by atoms with Crippen LogP contribution in [0.3, 0.4) is 0 Å². The van der Waals surface area contributed by atoms with E-state index in [0.29, 0.717) is 12.0 Å². The maximum atomic E-state index is 12.7. The molecule has 0 spiro atoms. The van der Waals surface area contributed by atoms with Gasteiger partial charge in [-0.15, -0.1) is 0 Å². The van der Waals surface area contributed by atoms with Gasteiger partial charge in [0.2, 0.25) is 0 Å². The van der Waals surface area contributed by atoms with Crippen molar-refractivity contribution in [2.24, 2.45) is 0 Å². The lowest BCUT2D eigenvalue weighted by atomic mass is 9.86. The van der Waals surface area contributed by atoms with Crippen LogP contribution < -0.4 is 0 Å². The van der Waals surface area contributed by atoms with Crippen LogP contribution in [0.4, 0.5) is 0 Å². The van der Waals surface area contributed by atoms with Gasteiger partial charge in [0.25, 0.3) is 0 Å². The van der Waals surface area contributed by atoms with Gasteiger partial charge >= 0.3 is 23.9 Å². The zero-order valence-corrected chi connectivity index (χ0v) is 18.9. The molecule has 1 aliphatic carbocycles. The van der Waals surface area contributed by atoms with E-state index in [2.05, 4.69) is 6.58 Å². The van der Waals surface area contributed by atoms with E-state index < -0.39 is 53.9 Å². The first-order valence-corrected chi connectivity index (χ1v) is 10.4. The average Bonchev–Trinajstić information content (AvgIpc) is 3.19. The van der Waals surface area contributed by atoms with Crippen LogP contribution in [-0.2, 0) is 42.9 Å². The average molecular weight is 448 g/mol. The Morgan fingerprint density at radius 2 is 1.88 bits per heavy atom. The molecule has 32 heavy (non-hydrogen) atoms. The first-order valence-electron chi connectivity index (χ1n) is 10.4. The molecule has 0 aromatic rings. The lowest BCUT2D eigenvalue weighted by molar-refractivity contribution is -0.145. The van der Waals surface area contributed by atoms with Crippen molar-refractivity contribution in [3.63, 3.8) is 0 Å². The van der Waals surface area contributed by atoms with Gasteiger partial charge in [-0.2, -0.15) is 0 Å².